The van der Waals surface area contributed by atoms with Gasteiger partial charge in [0.1, 0.15) is 6.04 Å². The molecule has 3 aliphatic rings. The number of aromatic nitrogens is 2. The first kappa shape index (κ1) is 18.4. The molecule has 1 atom stereocenters. The van der Waals surface area contributed by atoms with Crippen LogP contribution in [0.15, 0.2) is 36.5 Å². The lowest BCUT2D eigenvalue weighted by molar-refractivity contribution is -0.134. The van der Waals surface area contributed by atoms with Crippen molar-refractivity contribution < 1.29 is 9.59 Å². The Morgan fingerprint density at radius 1 is 1.10 bits per heavy atom. The molecular formula is C23H28N4O2. The van der Waals surface area contributed by atoms with Crippen LogP contribution in [0, 0.1) is 5.41 Å². The van der Waals surface area contributed by atoms with Crippen molar-refractivity contribution in [3.8, 4) is 5.69 Å². The van der Waals surface area contributed by atoms with Gasteiger partial charge in [0, 0.05) is 19.0 Å². The topological polar surface area (TPSA) is 67.2 Å². The normalized spacial score (nSPS) is 21.1. The third kappa shape index (κ3) is 3.56. The van der Waals surface area contributed by atoms with Crippen LogP contribution in [0.25, 0.3) is 5.69 Å². The molecule has 2 amide bonds. The molecule has 1 unspecified atom stereocenters. The Labute approximate surface area is 171 Å². The van der Waals surface area contributed by atoms with Crippen LogP contribution < -0.4 is 5.32 Å². The van der Waals surface area contributed by atoms with E-state index in [1.165, 1.54) is 12.8 Å². The van der Waals surface area contributed by atoms with Gasteiger partial charge in [0.25, 0.3) is 5.91 Å². The van der Waals surface area contributed by atoms with E-state index in [1.807, 2.05) is 39.9 Å². The molecule has 0 bridgehead atoms. The molecule has 2 heterocycles. The van der Waals surface area contributed by atoms with E-state index in [4.69, 9.17) is 0 Å². The van der Waals surface area contributed by atoms with E-state index in [9.17, 15) is 9.59 Å². The quantitative estimate of drug-likeness (QED) is 0.849. The summed E-state index contributed by atoms with van der Waals surface area (Å²) in [5, 5.41) is 7.43. The summed E-state index contributed by atoms with van der Waals surface area (Å²) in [6, 6.07) is 9.38. The first-order valence-electron chi connectivity index (χ1n) is 10.8. The summed E-state index contributed by atoms with van der Waals surface area (Å²) in [5.41, 5.74) is 3.04. The average molecular weight is 393 g/mol. The molecule has 1 spiro atoms. The molecule has 6 nitrogen and oxygen atoms in total. The van der Waals surface area contributed by atoms with E-state index in [1.54, 1.807) is 13.1 Å². The van der Waals surface area contributed by atoms with Crippen LogP contribution in [-0.2, 0) is 4.79 Å². The summed E-state index contributed by atoms with van der Waals surface area (Å²) in [7, 11) is 0. The predicted molar refractivity (Wildman–Crippen MR) is 110 cm³/mol. The van der Waals surface area contributed by atoms with Gasteiger partial charge in [-0.15, -0.1) is 0 Å². The Morgan fingerprint density at radius 2 is 1.79 bits per heavy atom. The van der Waals surface area contributed by atoms with Crippen molar-refractivity contribution in [1.82, 2.24) is 20.0 Å². The minimum Gasteiger partial charge on any atom is -0.341 e. The summed E-state index contributed by atoms with van der Waals surface area (Å²) >= 11 is 0. The van der Waals surface area contributed by atoms with E-state index in [2.05, 4.69) is 10.4 Å². The van der Waals surface area contributed by atoms with Gasteiger partial charge in [-0.3, -0.25) is 9.59 Å². The zero-order valence-corrected chi connectivity index (χ0v) is 16.9. The minimum atomic E-state index is -0.525. The van der Waals surface area contributed by atoms with Crippen molar-refractivity contribution >= 4 is 11.8 Å². The van der Waals surface area contributed by atoms with Crippen molar-refractivity contribution in [2.45, 2.75) is 57.4 Å². The zero-order chi connectivity index (χ0) is 20.0. The molecule has 152 valence electrons. The van der Waals surface area contributed by atoms with Crippen LogP contribution in [0.2, 0.25) is 0 Å². The summed E-state index contributed by atoms with van der Waals surface area (Å²) in [6.45, 7) is 3.43. The van der Waals surface area contributed by atoms with Gasteiger partial charge in [-0.2, -0.15) is 5.10 Å². The fourth-order valence-corrected chi connectivity index (χ4v) is 4.55. The van der Waals surface area contributed by atoms with E-state index >= 15 is 0 Å². The van der Waals surface area contributed by atoms with Gasteiger partial charge in [-0.05, 0) is 63.0 Å². The number of amides is 2. The Kier molecular flexibility index (Phi) is 4.45. The molecule has 1 aliphatic heterocycles. The largest absolute Gasteiger partial charge is 0.341 e. The van der Waals surface area contributed by atoms with Gasteiger partial charge in [-0.25, -0.2) is 4.68 Å². The molecule has 2 aromatic rings. The zero-order valence-electron chi connectivity index (χ0n) is 16.9. The van der Waals surface area contributed by atoms with E-state index in [0.29, 0.717) is 16.9 Å². The molecule has 1 saturated heterocycles. The number of likely N-dealkylation sites (tertiary alicyclic amines) is 1. The van der Waals surface area contributed by atoms with Gasteiger partial charge >= 0.3 is 0 Å². The summed E-state index contributed by atoms with van der Waals surface area (Å²) in [5.74, 6) is 0.184. The number of para-hydroxylation sites is 1. The van der Waals surface area contributed by atoms with Crippen LogP contribution in [0.4, 0.5) is 0 Å². The second-order valence-corrected chi connectivity index (χ2v) is 8.99. The number of carbonyl (C=O) groups is 2. The first-order valence-corrected chi connectivity index (χ1v) is 10.8. The van der Waals surface area contributed by atoms with Crippen molar-refractivity contribution in [2.75, 3.05) is 13.1 Å². The lowest BCUT2D eigenvalue weighted by Crippen LogP contribution is -2.49. The minimum absolute atomic E-state index is 0.0253. The Morgan fingerprint density at radius 3 is 2.41 bits per heavy atom. The molecule has 6 heteroatoms. The molecule has 5 rings (SSSR count). The van der Waals surface area contributed by atoms with E-state index in [0.717, 1.165) is 50.2 Å². The molecule has 2 saturated carbocycles. The number of hydrogen-bond donors (Lipinski definition) is 1. The highest BCUT2D eigenvalue weighted by atomic mass is 16.2. The summed E-state index contributed by atoms with van der Waals surface area (Å²) < 4.78 is 1.87. The lowest BCUT2D eigenvalue weighted by atomic mass is 9.93. The van der Waals surface area contributed by atoms with Gasteiger partial charge in [-0.1, -0.05) is 18.2 Å². The number of piperidine rings is 1. The number of nitrogens with one attached hydrogen (secondary N) is 1. The maximum atomic E-state index is 13.0. The number of carbonyl (C=O) groups excluding carboxylic acids is 2. The summed E-state index contributed by atoms with van der Waals surface area (Å²) in [6.07, 6.45) is 8.63. The van der Waals surface area contributed by atoms with Crippen molar-refractivity contribution in [3.63, 3.8) is 0 Å². The SMILES string of the molecule is CC(NC(=O)c1cnn(-c2ccccc2)c1C1CC1)C(=O)N1CCC2(CC1)CC2. The smallest absolute Gasteiger partial charge is 0.255 e. The second kappa shape index (κ2) is 7.01. The molecule has 1 N–H and O–H groups in total. The number of nitrogens with zero attached hydrogens (tertiary/aromatic N) is 3. The molecule has 1 aromatic carbocycles. The Hall–Kier alpha value is -2.63. The summed E-state index contributed by atoms with van der Waals surface area (Å²) in [4.78, 5) is 27.8. The first-order chi connectivity index (χ1) is 14.1. The van der Waals surface area contributed by atoms with Crippen LogP contribution in [0.5, 0.6) is 0 Å². The van der Waals surface area contributed by atoms with Gasteiger partial charge in [0.15, 0.2) is 0 Å². The highest BCUT2D eigenvalue weighted by Gasteiger charge is 2.45. The van der Waals surface area contributed by atoms with Crippen LogP contribution >= 0.6 is 0 Å². The van der Waals surface area contributed by atoms with Crippen molar-refractivity contribution in [3.05, 3.63) is 47.8 Å². The predicted octanol–water partition coefficient (Wildman–Crippen LogP) is 3.27. The molecular weight excluding hydrogens is 364 g/mol. The molecule has 2 aliphatic carbocycles. The van der Waals surface area contributed by atoms with Crippen molar-refractivity contribution in [2.24, 2.45) is 5.41 Å². The maximum Gasteiger partial charge on any atom is 0.255 e. The van der Waals surface area contributed by atoms with E-state index in [-0.39, 0.29) is 11.8 Å². The lowest BCUT2D eigenvalue weighted by Gasteiger charge is -2.33. The highest BCUT2D eigenvalue weighted by molar-refractivity contribution is 5.98. The Bertz CT molecular complexity index is 918. The van der Waals surface area contributed by atoms with Gasteiger partial charge in [0.05, 0.1) is 23.1 Å². The monoisotopic (exact) mass is 392 g/mol. The fraction of sp³-hybridized carbons (Fsp3) is 0.522. The van der Waals surface area contributed by atoms with Crippen molar-refractivity contribution in [1.29, 1.82) is 0 Å². The average Bonchev–Trinajstić information content (AvgIpc) is 3.68. The highest BCUT2D eigenvalue weighted by Crippen LogP contribution is 2.53. The number of hydrogen-bond acceptors (Lipinski definition) is 3. The second-order valence-electron chi connectivity index (χ2n) is 8.99. The van der Waals surface area contributed by atoms with Gasteiger partial charge < -0.3 is 10.2 Å². The maximum absolute atomic E-state index is 13.0. The van der Waals surface area contributed by atoms with Crippen LogP contribution in [-0.4, -0.2) is 45.6 Å². The Balaban J connectivity index is 1.29. The third-order valence-electron chi connectivity index (χ3n) is 6.83. The molecule has 0 radical (unpaired) electrons. The van der Waals surface area contributed by atoms with Crippen LogP contribution in [0.3, 0.4) is 0 Å². The molecule has 29 heavy (non-hydrogen) atoms. The van der Waals surface area contributed by atoms with E-state index < -0.39 is 6.04 Å². The standard InChI is InChI=1S/C23H28N4O2/c1-16(22(29)26-13-11-23(9-10-23)12-14-26)25-21(28)19-15-24-27(20(19)17-7-8-17)18-5-3-2-4-6-18/h2-6,15-17H,7-14H2,1H3,(H,25,28). The fourth-order valence-electron chi connectivity index (χ4n) is 4.55. The third-order valence-corrected chi connectivity index (χ3v) is 6.83. The van der Waals surface area contributed by atoms with Crippen LogP contribution in [0.1, 0.15) is 67.4 Å². The van der Waals surface area contributed by atoms with Gasteiger partial charge in [0.2, 0.25) is 5.91 Å². The molecule has 3 fully saturated rings. The number of benzene rings is 1. The molecule has 1 aromatic heterocycles. The number of rotatable bonds is 5.